The molecule has 3 amide bonds. The van der Waals surface area contributed by atoms with E-state index in [9.17, 15) is 14.4 Å². The van der Waals surface area contributed by atoms with Crippen molar-refractivity contribution in [1.82, 2.24) is 10.3 Å². The summed E-state index contributed by atoms with van der Waals surface area (Å²) in [5.41, 5.74) is 2.35. The highest BCUT2D eigenvalue weighted by molar-refractivity contribution is 7.18. The van der Waals surface area contributed by atoms with Gasteiger partial charge >= 0.3 is 6.03 Å². The molecule has 0 saturated carbocycles. The summed E-state index contributed by atoms with van der Waals surface area (Å²) in [6.07, 6.45) is 0. The SMILES string of the molecule is CC(=O)c1sc(NC(=O)c2ccc(NC(=O)NC(C)C)cc2)nc1-c1ccccc1. The summed E-state index contributed by atoms with van der Waals surface area (Å²) in [4.78, 5) is 41.3. The molecule has 0 aliphatic rings. The number of carbonyl (C=O) groups excluding carboxylic acids is 3. The van der Waals surface area contributed by atoms with Crippen LogP contribution in [0.15, 0.2) is 54.6 Å². The molecule has 0 aliphatic heterocycles. The molecule has 0 saturated heterocycles. The fourth-order valence-electron chi connectivity index (χ4n) is 2.71. The van der Waals surface area contributed by atoms with Gasteiger partial charge in [0.15, 0.2) is 10.9 Å². The number of aromatic nitrogens is 1. The summed E-state index contributed by atoms with van der Waals surface area (Å²) < 4.78 is 0. The molecule has 8 heteroatoms. The Hall–Kier alpha value is -3.52. The third kappa shape index (κ3) is 5.30. The number of hydrogen-bond donors (Lipinski definition) is 3. The number of rotatable bonds is 6. The van der Waals surface area contributed by atoms with Crippen LogP contribution < -0.4 is 16.0 Å². The Morgan fingerprint density at radius 1 is 0.933 bits per heavy atom. The molecule has 0 radical (unpaired) electrons. The number of hydrogen-bond acceptors (Lipinski definition) is 5. The quantitative estimate of drug-likeness (QED) is 0.497. The Bertz CT molecular complexity index is 1060. The van der Waals surface area contributed by atoms with E-state index in [-0.39, 0.29) is 23.8 Å². The maximum atomic E-state index is 12.6. The summed E-state index contributed by atoms with van der Waals surface area (Å²) in [7, 11) is 0. The van der Waals surface area contributed by atoms with Gasteiger partial charge in [-0.1, -0.05) is 41.7 Å². The van der Waals surface area contributed by atoms with E-state index in [0.29, 0.717) is 27.0 Å². The Morgan fingerprint density at radius 3 is 2.20 bits per heavy atom. The Kier molecular flexibility index (Phi) is 6.58. The van der Waals surface area contributed by atoms with Gasteiger partial charge in [-0.15, -0.1) is 0 Å². The molecule has 0 bridgehead atoms. The van der Waals surface area contributed by atoms with E-state index >= 15 is 0 Å². The van der Waals surface area contributed by atoms with Crippen molar-refractivity contribution in [1.29, 1.82) is 0 Å². The van der Waals surface area contributed by atoms with E-state index in [4.69, 9.17) is 0 Å². The average Bonchev–Trinajstić information content (AvgIpc) is 3.12. The van der Waals surface area contributed by atoms with Gasteiger partial charge in [0.2, 0.25) is 0 Å². The standard InChI is InChI=1S/C22H22N4O3S/c1-13(2)23-21(29)24-17-11-9-16(10-12-17)20(28)26-22-25-18(19(30-22)14(3)27)15-7-5-4-6-8-15/h4-13H,1-3H3,(H2,23,24,29)(H,25,26,28). The van der Waals surface area contributed by atoms with E-state index in [1.165, 1.54) is 6.92 Å². The number of nitrogens with one attached hydrogen (secondary N) is 3. The normalized spacial score (nSPS) is 10.5. The minimum Gasteiger partial charge on any atom is -0.336 e. The minimum absolute atomic E-state index is 0.0222. The van der Waals surface area contributed by atoms with E-state index in [2.05, 4.69) is 20.9 Å². The van der Waals surface area contributed by atoms with Crippen LogP contribution in [-0.2, 0) is 0 Å². The molecule has 0 atom stereocenters. The lowest BCUT2D eigenvalue weighted by molar-refractivity contribution is 0.101. The van der Waals surface area contributed by atoms with Crippen molar-refractivity contribution >= 4 is 39.9 Å². The lowest BCUT2D eigenvalue weighted by Crippen LogP contribution is -2.34. The summed E-state index contributed by atoms with van der Waals surface area (Å²) in [5.74, 6) is -0.460. The van der Waals surface area contributed by atoms with E-state index in [1.54, 1.807) is 24.3 Å². The van der Waals surface area contributed by atoms with E-state index < -0.39 is 0 Å². The van der Waals surface area contributed by atoms with Crippen molar-refractivity contribution in [3.63, 3.8) is 0 Å². The summed E-state index contributed by atoms with van der Waals surface area (Å²) in [5, 5.41) is 8.52. The second-order valence-electron chi connectivity index (χ2n) is 6.90. The highest BCUT2D eigenvalue weighted by atomic mass is 32.1. The van der Waals surface area contributed by atoms with Crippen molar-refractivity contribution in [3.8, 4) is 11.3 Å². The molecule has 2 aromatic carbocycles. The molecule has 0 fully saturated rings. The molecule has 30 heavy (non-hydrogen) atoms. The summed E-state index contributed by atoms with van der Waals surface area (Å²) in [6, 6.07) is 15.6. The van der Waals surface area contributed by atoms with Gasteiger partial charge in [-0.25, -0.2) is 9.78 Å². The molecule has 3 rings (SSSR count). The third-order valence-electron chi connectivity index (χ3n) is 4.04. The summed E-state index contributed by atoms with van der Waals surface area (Å²) in [6.45, 7) is 5.21. The smallest absolute Gasteiger partial charge is 0.319 e. The molecule has 3 aromatic rings. The van der Waals surface area contributed by atoms with Crippen LogP contribution >= 0.6 is 11.3 Å². The van der Waals surface area contributed by atoms with E-state index in [0.717, 1.165) is 16.9 Å². The van der Waals surface area contributed by atoms with Gasteiger partial charge in [-0.2, -0.15) is 0 Å². The molecular formula is C22H22N4O3S. The molecule has 0 aliphatic carbocycles. The first kappa shape index (κ1) is 21.2. The molecule has 1 aromatic heterocycles. The van der Waals surface area contributed by atoms with Crippen molar-refractivity contribution in [2.75, 3.05) is 10.6 Å². The van der Waals surface area contributed by atoms with Crippen LogP contribution in [0.5, 0.6) is 0 Å². The lowest BCUT2D eigenvalue weighted by atomic mass is 10.1. The highest BCUT2D eigenvalue weighted by Gasteiger charge is 2.18. The number of nitrogens with zero attached hydrogens (tertiary/aromatic N) is 1. The number of anilines is 2. The number of amides is 3. The predicted octanol–water partition coefficient (Wildman–Crippen LogP) is 4.79. The van der Waals surface area contributed by atoms with Crippen LogP contribution in [0.2, 0.25) is 0 Å². The van der Waals surface area contributed by atoms with Crippen LogP contribution in [0.25, 0.3) is 11.3 Å². The molecule has 3 N–H and O–H groups in total. The van der Waals surface area contributed by atoms with Crippen LogP contribution in [0.4, 0.5) is 15.6 Å². The fourth-order valence-corrected chi connectivity index (χ4v) is 3.59. The topological polar surface area (TPSA) is 100 Å². The number of Topliss-reactive ketones (excluding diaryl/α,β-unsaturated/α-hetero) is 1. The molecular weight excluding hydrogens is 400 g/mol. The molecule has 0 spiro atoms. The predicted molar refractivity (Wildman–Crippen MR) is 119 cm³/mol. The molecule has 1 heterocycles. The van der Waals surface area contributed by atoms with Crippen molar-refractivity contribution in [2.24, 2.45) is 0 Å². The molecule has 0 unspecified atom stereocenters. The number of benzene rings is 2. The van der Waals surface area contributed by atoms with Crippen LogP contribution in [0, 0.1) is 0 Å². The second-order valence-corrected chi connectivity index (χ2v) is 7.90. The average molecular weight is 423 g/mol. The van der Waals surface area contributed by atoms with Gasteiger partial charge in [-0.05, 0) is 38.1 Å². The number of urea groups is 1. The summed E-state index contributed by atoms with van der Waals surface area (Å²) >= 11 is 1.14. The maximum absolute atomic E-state index is 12.6. The van der Waals surface area contributed by atoms with Crippen molar-refractivity contribution in [3.05, 3.63) is 65.0 Å². The Labute approximate surface area is 178 Å². The lowest BCUT2D eigenvalue weighted by Gasteiger charge is -2.10. The largest absolute Gasteiger partial charge is 0.336 e. The first-order chi connectivity index (χ1) is 14.3. The third-order valence-corrected chi connectivity index (χ3v) is 5.11. The minimum atomic E-state index is -0.350. The van der Waals surface area contributed by atoms with Gasteiger partial charge in [0.25, 0.3) is 5.91 Å². The first-order valence-electron chi connectivity index (χ1n) is 9.39. The zero-order chi connectivity index (χ0) is 21.7. The van der Waals surface area contributed by atoms with Gasteiger partial charge in [0.05, 0.1) is 10.6 Å². The number of ketones is 1. The van der Waals surface area contributed by atoms with Crippen molar-refractivity contribution < 1.29 is 14.4 Å². The Balaban J connectivity index is 1.73. The first-order valence-corrected chi connectivity index (χ1v) is 10.2. The van der Waals surface area contributed by atoms with Gasteiger partial charge in [-0.3, -0.25) is 14.9 Å². The van der Waals surface area contributed by atoms with Gasteiger partial charge < -0.3 is 10.6 Å². The maximum Gasteiger partial charge on any atom is 0.319 e. The van der Waals surface area contributed by atoms with Crippen LogP contribution in [0.3, 0.4) is 0 Å². The Morgan fingerprint density at radius 2 is 1.60 bits per heavy atom. The number of thiazole rings is 1. The van der Waals surface area contributed by atoms with Crippen LogP contribution in [-0.4, -0.2) is 28.7 Å². The van der Waals surface area contributed by atoms with Crippen molar-refractivity contribution in [2.45, 2.75) is 26.8 Å². The zero-order valence-corrected chi connectivity index (χ0v) is 17.7. The molecule has 154 valence electrons. The number of carbonyl (C=O) groups is 3. The molecule has 7 nitrogen and oxygen atoms in total. The van der Waals surface area contributed by atoms with Crippen LogP contribution in [0.1, 0.15) is 40.8 Å². The zero-order valence-electron chi connectivity index (χ0n) is 16.9. The second kappa shape index (κ2) is 9.32. The van der Waals surface area contributed by atoms with E-state index in [1.807, 2.05) is 44.2 Å². The highest BCUT2D eigenvalue weighted by Crippen LogP contribution is 2.31. The monoisotopic (exact) mass is 422 g/mol. The van der Waals surface area contributed by atoms with Gasteiger partial charge in [0.1, 0.15) is 0 Å². The van der Waals surface area contributed by atoms with Gasteiger partial charge in [0, 0.05) is 29.8 Å². The fraction of sp³-hybridized carbons (Fsp3) is 0.182.